The number of nitrogens with one attached hydrogen (secondary N) is 1. The van der Waals surface area contributed by atoms with E-state index < -0.39 is 45.5 Å². The predicted molar refractivity (Wildman–Crippen MR) is 149 cm³/mol. The van der Waals surface area contributed by atoms with Crippen LogP contribution in [0.3, 0.4) is 0 Å². The standard InChI is InChI=1S/C29H33N3O8S/c1-17-13-18(2)26(19(3)14-17)41(37,38)31-16-20(21-9-7-8-10-23(21)31)15-22(30-28(36)39-29(4,5)6)27(35)40-32-24(33)11-12-25(32)34/h7-10,13-14,16,22H,11-12,15H2,1-6H3,(H,30,36). The summed E-state index contributed by atoms with van der Waals surface area (Å²) in [5, 5.41) is 3.37. The summed E-state index contributed by atoms with van der Waals surface area (Å²) in [7, 11) is -4.07. The number of carbonyl (C=O) groups excluding carboxylic acids is 4. The Morgan fingerprint density at radius 2 is 1.59 bits per heavy atom. The molecule has 12 heteroatoms. The van der Waals surface area contributed by atoms with Crippen LogP contribution in [-0.2, 0) is 40.4 Å². The van der Waals surface area contributed by atoms with Gasteiger partial charge in [-0.1, -0.05) is 35.9 Å². The number of carbonyl (C=O) groups is 4. The van der Waals surface area contributed by atoms with Gasteiger partial charge in [0, 0.05) is 30.8 Å². The fourth-order valence-corrected chi connectivity index (χ4v) is 6.74. The normalized spacial score (nSPS) is 14.8. The lowest BCUT2D eigenvalue weighted by Gasteiger charge is -2.23. The zero-order chi connectivity index (χ0) is 30.3. The monoisotopic (exact) mass is 583 g/mol. The summed E-state index contributed by atoms with van der Waals surface area (Å²) in [6.07, 6.45) is 0.0603. The van der Waals surface area contributed by atoms with Gasteiger partial charge in [-0.2, -0.15) is 0 Å². The van der Waals surface area contributed by atoms with Gasteiger partial charge in [-0.25, -0.2) is 22.0 Å². The summed E-state index contributed by atoms with van der Waals surface area (Å²) in [5.74, 6) is -2.43. The average molecular weight is 584 g/mol. The number of benzene rings is 2. The maximum Gasteiger partial charge on any atom is 0.408 e. The first-order valence-corrected chi connectivity index (χ1v) is 14.5. The van der Waals surface area contributed by atoms with Gasteiger partial charge in [0.1, 0.15) is 11.6 Å². The van der Waals surface area contributed by atoms with E-state index >= 15 is 0 Å². The zero-order valence-electron chi connectivity index (χ0n) is 23.8. The Morgan fingerprint density at radius 3 is 2.17 bits per heavy atom. The number of hydroxylamine groups is 2. The number of nitrogens with zero attached hydrogens (tertiary/aromatic N) is 2. The number of hydrogen-bond acceptors (Lipinski definition) is 8. The highest BCUT2D eigenvalue weighted by Gasteiger charge is 2.36. The van der Waals surface area contributed by atoms with E-state index in [1.807, 2.05) is 6.92 Å². The Morgan fingerprint density at radius 1 is 1.00 bits per heavy atom. The van der Waals surface area contributed by atoms with Crippen molar-refractivity contribution in [1.29, 1.82) is 0 Å². The highest BCUT2D eigenvalue weighted by Crippen LogP contribution is 2.30. The van der Waals surface area contributed by atoms with Crippen molar-refractivity contribution in [2.24, 2.45) is 0 Å². The minimum atomic E-state index is -4.07. The molecule has 3 amide bonds. The van der Waals surface area contributed by atoms with Crippen LogP contribution in [-0.4, -0.2) is 53.0 Å². The van der Waals surface area contributed by atoms with Crippen LogP contribution >= 0.6 is 0 Å². The summed E-state index contributed by atoms with van der Waals surface area (Å²) in [6.45, 7) is 10.3. The molecule has 41 heavy (non-hydrogen) atoms. The molecule has 1 aliphatic heterocycles. The van der Waals surface area contributed by atoms with Crippen LogP contribution in [0, 0.1) is 20.8 Å². The summed E-state index contributed by atoms with van der Waals surface area (Å²) < 4.78 is 34.4. The van der Waals surface area contributed by atoms with E-state index in [1.165, 1.54) is 6.20 Å². The van der Waals surface area contributed by atoms with Crippen molar-refractivity contribution in [2.75, 3.05) is 0 Å². The van der Waals surface area contributed by atoms with Crippen molar-refractivity contribution >= 4 is 44.8 Å². The molecule has 3 aromatic rings. The van der Waals surface area contributed by atoms with Crippen LogP contribution in [0.15, 0.2) is 47.5 Å². The van der Waals surface area contributed by atoms with Crippen LogP contribution in [0.2, 0.25) is 0 Å². The largest absolute Gasteiger partial charge is 0.444 e. The van der Waals surface area contributed by atoms with Crippen molar-refractivity contribution in [3.63, 3.8) is 0 Å². The topological polar surface area (TPSA) is 141 Å². The van der Waals surface area contributed by atoms with E-state index in [0.717, 1.165) is 9.54 Å². The van der Waals surface area contributed by atoms with Gasteiger partial charge in [0.15, 0.2) is 0 Å². The van der Waals surface area contributed by atoms with Gasteiger partial charge < -0.3 is 14.9 Å². The Balaban J connectivity index is 1.76. The van der Waals surface area contributed by atoms with E-state index in [1.54, 1.807) is 71.0 Å². The zero-order valence-corrected chi connectivity index (χ0v) is 24.6. The van der Waals surface area contributed by atoms with E-state index in [4.69, 9.17) is 9.57 Å². The molecule has 11 nitrogen and oxygen atoms in total. The number of hydrogen-bond donors (Lipinski definition) is 1. The molecule has 1 N–H and O–H groups in total. The van der Waals surface area contributed by atoms with Crippen molar-refractivity contribution < 1.29 is 37.2 Å². The van der Waals surface area contributed by atoms with Crippen LogP contribution < -0.4 is 5.32 Å². The van der Waals surface area contributed by atoms with Gasteiger partial charge in [-0.3, -0.25) is 9.59 Å². The van der Waals surface area contributed by atoms with E-state index in [9.17, 15) is 27.6 Å². The van der Waals surface area contributed by atoms with Crippen LogP contribution in [0.4, 0.5) is 4.79 Å². The predicted octanol–water partition coefficient (Wildman–Crippen LogP) is 3.85. The third-order valence-electron chi connectivity index (χ3n) is 6.47. The highest BCUT2D eigenvalue weighted by molar-refractivity contribution is 7.90. The second kappa shape index (κ2) is 11.0. The molecule has 0 aliphatic carbocycles. The first-order chi connectivity index (χ1) is 19.1. The SMILES string of the molecule is Cc1cc(C)c(S(=O)(=O)n2cc(CC(NC(=O)OC(C)(C)C)C(=O)ON3C(=O)CCC3=O)c3ccccc32)c(C)c1. The van der Waals surface area contributed by atoms with Crippen molar-refractivity contribution in [3.05, 3.63) is 64.8 Å². The molecule has 1 saturated heterocycles. The summed E-state index contributed by atoms with van der Waals surface area (Å²) >= 11 is 0. The van der Waals surface area contributed by atoms with E-state index in [2.05, 4.69) is 5.32 Å². The second-order valence-electron chi connectivity index (χ2n) is 11.1. The summed E-state index contributed by atoms with van der Waals surface area (Å²) in [6, 6.07) is 8.94. The quantitative estimate of drug-likeness (QED) is 0.414. The lowest BCUT2D eigenvalue weighted by atomic mass is 10.1. The second-order valence-corrected chi connectivity index (χ2v) is 12.8. The third-order valence-corrected chi connectivity index (χ3v) is 8.45. The first kappa shape index (κ1) is 29.8. The number of fused-ring (bicyclic) bond motifs is 1. The molecule has 1 unspecified atom stereocenters. The molecule has 1 atom stereocenters. The number of imide groups is 1. The lowest BCUT2D eigenvalue weighted by molar-refractivity contribution is -0.198. The van der Waals surface area contributed by atoms with Gasteiger partial charge in [-0.05, 0) is 64.3 Å². The Kier molecular flexibility index (Phi) is 7.99. The van der Waals surface area contributed by atoms with Gasteiger partial charge in [0.2, 0.25) is 0 Å². The molecule has 1 fully saturated rings. The van der Waals surface area contributed by atoms with Crippen molar-refractivity contribution in [3.8, 4) is 0 Å². The van der Waals surface area contributed by atoms with Gasteiger partial charge in [-0.15, -0.1) is 5.06 Å². The summed E-state index contributed by atoms with van der Waals surface area (Å²) in [5.41, 5.74) is 2.01. The number of alkyl carbamates (subject to hydrolysis) is 1. The fourth-order valence-electron chi connectivity index (χ4n) is 4.93. The molecule has 4 rings (SSSR count). The molecule has 1 aliphatic rings. The Labute approximate surface area is 238 Å². The van der Waals surface area contributed by atoms with Crippen LogP contribution in [0.1, 0.15) is 55.9 Å². The fraction of sp³-hybridized carbons (Fsp3) is 0.379. The molecule has 218 valence electrons. The number of rotatable bonds is 7. The number of para-hydroxylation sites is 1. The minimum Gasteiger partial charge on any atom is -0.444 e. The number of aryl methyl sites for hydroxylation is 3. The molecular formula is C29H33N3O8S. The van der Waals surface area contributed by atoms with Gasteiger partial charge in [0.05, 0.1) is 10.4 Å². The average Bonchev–Trinajstić information content (AvgIpc) is 3.37. The van der Waals surface area contributed by atoms with Gasteiger partial charge >= 0.3 is 12.1 Å². The molecule has 0 bridgehead atoms. The molecule has 0 radical (unpaired) electrons. The highest BCUT2D eigenvalue weighted by atomic mass is 32.2. The van der Waals surface area contributed by atoms with Crippen LogP contribution in [0.25, 0.3) is 10.9 Å². The maximum atomic E-state index is 14.0. The van der Waals surface area contributed by atoms with Crippen LogP contribution in [0.5, 0.6) is 0 Å². The van der Waals surface area contributed by atoms with Crippen molar-refractivity contribution in [1.82, 2.24) is 14.4 Å². The van der Waals surface area contributed by atoms with E-state index in [0.29, 0.717) is 32.7 Å². The number of ether oxygens (including phenoxy) is 1. The molecule has 0 spiro atoms. The smallest absolute Gasteiger partial charge is 0.408 e. The molecule has 2 heterocycles. The van der Waals surface area contributed by atoms with Crippen molar-refractivity contribution in [2.45, 2.75) is 77.3 Å². The minimum absolute atomic E-state index is 0.0978. The number of amides is 3. The third kappa shape index (κ3) is 6.27. The lowest BCUT2D eigenvalue weighted by Crippen LogP contribution is -2.48. The molecule has 0 saturated carbocycles. The Hall–Kier alpha value is -4.19. The molecule has 1 aromatic heterocycles. The summed E-state index contributed by atoms with van der Waals surface area (Å²) in [4.78, 5) is 55.3. The van der Waals surface area contributed by atoms with Gasteiger partial charge in [0.25, 0.3) is 21.8 Å². The molecule has 2 aromatic carbocycles. The molecular weight excluding hydrogens is 550 g/mol. The van der Waals surface area contributed by atoms with E-state index in [-0.39, 0.29) is 24.2 Å². The first-order valence-electron chi connectivity index (χ1n) is 13.1. The number of aromatic nitrogens is 1. The Bertz CT molecular complexity index is 1630. The maximum absolute atomic E-state index is 14.0.